The van der Waals surface area contributed by atoms with Gasteiger partial charge in [0.15, 0.2) is 0 Å². The molecule has 0 aliphatic rings. The first-order valence-corrected chi connectivity index (χ1v) is 5.07. The average molecular weight is 280 g/mol. The van der Waals surface area contributed by atoms with Crippen LogP contribution in [0.15, 0.2) is 24.3 Å². The van der Waals surface area contributed by atoms with E-state index in [4.69, 9.17) is 4.74 Å². The molecule has 0 bridgehead atoms. The Morgan fingerprint density at radius 3 is 2.11 bits per heavy atom. The predicted molar refractivity (Wildman–Crippen MR) is 63.4 cm³/mol. The van der Waals surface area contributed by atoms with E-state index in [1.54, 1.807) is 6.92 Å². The third-order valence-corrected chi connectivity index (χ3v) is 2.36. The molecule has 0 amide bonds. The van der Waals surface area contributed by atoms with E-state index in [1.165, 1.54) is 24.0 Å². The summed E-state index contributed by atoms with van der Waals surface area (Å²) in [5, 5.41) is 8.04. The molecule has 0 aliphatic heterocycles. The van der Waals surface area contributed by atoms with Gasteiger partial charge in [0.2, 0.25) is 0 Å². The van der Waals surface area contributed by atoms with Crippen LogP contribution in [-0.2, 0) is 6.18 Å². The molecule has 0 unspecified atom stereocenters. The van der Waals surface area contributed by atoms with Crippen LogP contribution in [-0.4, -0.2) is 51.7 Å². The molecule has 0 saturated heterocycles. The summed E-state index contributed by atoms with van der Waals surface area (Å²) in [7, 11) is 1.45. The summed E-state index contributed by atoms with van der Waals surface area (Å²) in [5.74, 6) is 0.342. The molecule has 4 nitrogen and oxygen atoms in total. The van der Waals surface area contributed by atoms with Crippen LogP contribution in [0, 0.1) is 6.92 Å². The van der Waals surface area contributed by atoms with E-state index >= 15 is 0 Å². The molecule has 1 heterocycles. The number of aryl methyl sites for hydroxylation is 1. The van der Waals surface area contributed by atoms with Crippen molar-refractivity contribution in [3.8, 4) is 11.6 Å². The first kappa shape index (κ1) is 16.0. The third-order valence-electron chi connectivity index (χ3n) is 2.36. The zero-order valence-corrected chi connectivity index (χ0v) is 12.7. The molecule has 19 heavy (non-hydrogen) atoms. The van der Waals surface area contributed by atoms with E-state index < -0.39 is 11.7 Å². The van der Waals surface area contributed by atoms with Gasteiger partial charge in [-0.05, 0) is 31.2 Å². The molecule has 0 spiro atoms. The van der Waals surface area contributed by atoms with E-state index in [2.05, 4.69) is 10.2 Å². The molecule has 2 aromatic rings. The molecule has 0 N–H and O–H groups in total. The summed E-state index contributed by atoms with van der Waals surface area (Å²) in [6.07, 6.45) is -4.34. The third kappa shape index (κ3) is 3.49. The second kappa shape index (κ2) is 5.94. The number of methoxy groups -OCH3 is 1. The maximum atomic E-state index is 12.4. The summed E-state index contributed by atoms with van der Waals surface area (Å²) in [4.78, 5) is 1.23. The van der Waals surface area contributed by atoms with Crippen LogP contribution < -0.4 is 4.74 Å². The topological polar surface area (TPSA) is 39.9 Å². The van der Waals surface area contributed by atoms with Gasteiger partial charge in [-0.1, -0.05) is 0 Å². The maximum Gasteiger partial charge on any atom is 0.416 e. The number of rotatable bonds is 2. The fourth-order valence-corrected chi connectivity index (χ4v) is 1.45. The van der Waals surface area contributed by atoms with Gasteiger partial charge in [0.25, 0.3) is 5.88 Å². The number of halogens is 3. The van der Waals surface area contributed by atoms with Gasteiger partial charge in [-0.25, -0.2) is 0 Å². The van der Waals surface area contributed by atoms with E-state index in [9.17, 15) is 13.2 Å². The normalized spacial score (nSPS) is 11.0. The Morgan fingerprint density at radius 1 is 1.11 bits per heavy atom. The van der Waals surface area contributed by atoms with Crippen LogP contribution in [0.3, 0.4) is 0 Å². The van der Waals surface area contributed by atoms with Gasteiger partial charge < -0.3 is 4.74 Å². The van der Waals surface area contributed by atoms with Crippen LogP contribution in [0.5, 0.6) is 5.88 Å². The Labute approximate surface area is 129 Å². The van der Waals surface area contributed by atoms with E-state index in [0.717, 1.165) is 12.1 Å². The largest absolute Gasteiger partial charge is 0.479 e. The zero-order valence-electron chi connectivity index (χ0n) is 10.7. The van der Waals surface area contributed by atoms with Crippen molar-refractivity contribution >= 4 is 29.6 Å². The quantitative estimate of drug-likeness (QED) is 0.792. The Bertz CT molecular complexity index is 551. The van der Waals surface area contributed by atoms with E-state index in [0.29, 0.717) is 17.3 Å². The van der Waals surface area contributed by atoms with E-state index in [1.807, 2.05) is 0 Å². The van der Waals surface area contributed by atoms with Crippen molar-refractivity contribution in [1.29, 1.82) is 0 Å². The van der Waals surface area contributed by atoms with Gasteiger partial charge in [0.1, 0.15) is 5.69 Å². The minimum atomic E-state index is -4.34. The van der Waals surface area contributed by atoms with Gasteiger partial charge in [0.05, 0.1) is 18.4 Å². The fraction of sp³-hybridized carbons (Fsp3) is 0.273. The van der Waals surface area contributed by atoms with Crippen molar-refractivity contribution in [1.82, 2.24) is 15.0 Å². The second-order valence-corrected chi connectivity index (χ2v) is 3.63. The number of hydrogen-bond acceptors (Lipinski definition) is 3. The monoisotopic (exact) mass is 280 g/mol. The van der Waals surface area contributed by atoms with Crippen molar-refractivity contribution < 1.29 is 17.9 Å². The number of ether oxygens (including phenoxy) is 1. The number of alkyl halides is 3. The zero-order chi connectivity index (χ0) is 13.3. The Morgan fingerprint density at radius 2 is 1.68 bits per heavy atom. The minimum absolute atomic E-state index is 0. The SMILES string of the molecule is COc1nn(-c2ccc(C(F)(F)F)cc2)nc1C.[Na]. The molecule has 0 aliphatic carbocycles. The van der Waals surface area contributed by atoms with Crippen LogP contribution in [0.1, 0.15) is 11.3 Å². The van der Waals surface area contributed by atoms with Crippen molar-refractivity contribution in [2.24, 2.45) is 0 Å². The maximum absolute atomic E-state index is 12.4. The first-order valence-electron chi connectivity index (χ1n) is 5.07. The number of hydrogen-bond donors (Lipinski definition) is 0. The average Bonchev–Trinajstić information content (AvgIpc) is 2.69. The molecule has 97 valence electrons. The molecular weight excluding hydrogens is 270 g/mol. The molecule has 1 aromatic heterocycles. The van der Waals surface area contributed by atoms with Crippen LogP contribution in [0.2, 0.25) is 0 Å². The molecule has 0 atom stereocenters. The van der Waals surface area contributed by atoms with Gasteiger partial charge in [0, 0.05) is 29.6 Å². The standard InChI is InChI=1S/C11H10F3N3O.Na/c1-7-10(18-2)16-17(15-7)9-5-3-8(4-6-9)11(12,13)14;/h3-6H,1-2H3;. The van der Waals surface area contributed by atoms with Crippen LogP contribution >= 0.6 is 0 Å². The molecule has 1 aromatic carbocycles. The molecule has 1 radical (unpaired) electrons. The minimum Gasteiger partial charge on any atom is -0.479 e. The summed E-state index contributed by atoms with van der Waals surface area (Å²) in [5.41, 5.74) is 0.300. The van der Waals surface area contributed by atoms with Gasteiger partial charge in [-0.15, -0.1) is 15.0 Å². The Hall–Kier alpha value is -1.05. The smallest absolute Gasteiger partial charge is 0.416 e. The van der Waals surface area contributed by atoms with Crippen molar-refractivity contribution in [2.45, 2.75) is 13.1 Å². The van der Waals surface area contributed by atoms with Crippen molar-refractivity contribution in [3.05, 3.63) is 35.5 Å². The molecule has 2 rings (SSSR count). The van der Waals surface area contributed by atoms with E-state index in [-0.39, 0.29) is 29.6 Å². The first-order chi connectivity index (χ1) is 8.41. The molecule has 0 fully saturated rings. The summed E-state index contributed by atoms with van der Waals surface area (Å²) < 4.78 is 42.1. The van der Waals surface area contributed by atoms with Crippen molar-refractivity contribution in [3.63, 3.8) is 0 Å². The van der Waals surface area contributed by atoms with Gasteiger partial charge >= 0.3 is 6.18 Å². The number of nitrogens with zero attached hydrogens (tertiary/aromatic N) is 3. The number of aromatic nitrogens is 3. The second-order valence-electron chi connectivity index (χ2n) is 3.63. The Balaban J connectivity index is 0.00000180. The van der Waals surface area contributed by atoms with Crippen LogP contribution in [0.4, 0.5) is 13.2 Å². The summed E-state index contributed by atoms with van der Waals surface area (Å²) in [6.45, 7) is 1.70. The molecular formula is C11H10F3N3NaO. The predicted octanol–water partition coefficient (Wildman–Crippen LogP) is 2.22. The van der Waals surface area contributed by atoms with Crippen LogP contribution in [0.25, 0.3) is 5.69 Å². The van der Waals surface area contributed by atoms with Gasteiger partial charge in [-0.3, -0.25) is 0 Å². The summed E-state index contributed by atoms with van der Waals surface area (Å²) in [6, 6.07) is 4.59. The Kier molecular flexibility index (Phi) is 5.00. The summed E-state index contributed by atoms with van der Waals surface area (Å²) >= 11 is 0. The fourth-order valence-electron chi connectivity index (χ4n) is 1.45. The number of benzene rings is 1. The van der Waals surface area contributed by atoms with Crippen molar-refractivity contribution in [2.75, 3.05) is 7.11 Å². The van der Waals surface area contributed by atoms with Gasteiger partial charge in [-0.2, -0.15) is 13.2 Å². The molecule has 8 heteroatoms. The molecule has 0 saturated carbocycles.